The molecule has 2 fully saturated rings. The van der Waals surface area contributed by atoms with Gasteiger partial charge in [0, 0.05) is 26.2 Å². The van der Waals surface area contributed by atoms with Crippen molar-refractivity contribution in [1.82, 2.24) is 9.80 Å². The molecule has 2 amide bonds. The van der Waals surface area contributed by atoms with E-state index in [1.54, 1.807) is 7.11 Å². The number of benzene rings is 1. The molecule has 1 aliphatic heterocycles. The third kappa shape index (κ3) is 3.95. The summed E-state index contributed by atoms with van der Waals surface area (Å²) in [7, 11) is 1.58. The number of amides is 2. The number of nitrogens with zero attached hydrogens (tertiary/aromatic N) is 2. The van der Waals surface area contributed by atoms with Gasteiger partial charge in [-0.15, -0.1) is 0 Å². The highest BCUT2D eigenvalue weighted by Crippen LogP contribution is 2.41. The second kappa shape index (κ2) is 7.44. The van der Waals surface area contributed by atoms with Gasteiger partial charge in [0.25, 0.3) is 0 Å². The Hall–Kier alpha value is -2.08. The average Bonchev–Trinajstić information content (AvgIpc) is 3.42. The normalized spacial score (nSPS) is 23.2. The number of nitrogens with one attached hydrogen (secondary N) is 1. The van der Waals surface area contributed by atoms with E-state index < -0.39 is 0 Å². The van der Waals surface area contributed by atoms with Crippen LogP contribution < -0.4 is 10.1 Å². The average molecular weight is 345 g/mol. The Bertz CT molecular complexity index is 653. The van der Waals surface area contributed by atoms with E-state index >= 15 is 0 Å². The number of carbonyl (C=O) groups is 2. The minimum atomic E-state index is -0.220. The maximum Gasteiger partial charge on any atom is 0.228 e. The van der Waals surface area contributed by atoms with Gasteiger partial charge in [0.2, 0.25) is 11.8 Å². The van der Waals surface area contributed by atoms with E-state index in [1.165, 1.54) is 0 Å². The minimum Gasteiger partial charge on any atom is -0.495 e. The number of hydrogen-bond donors (Lipinski definition) is 1. The van der Waals surface area contributed by atoms with E-state index in [4.69, 9.17) is 4.74 Å². The molecule has 1 heterocycles. The molecule has 3 rings (SSSR count). The Labute approximate surface area is 149 Å². The van der Waals surface area contributed by atoms with Gasteiger partial charge in [0.1, 0.15) is 5.75 Å². The summed E-state index contributed by atoms with van der Waals surface area (Å²) in [5.74, 6) is 0.297. The number of likely N-dealkylation sites (N-methyl/N-ethyl adjacent to an activating group) is 1. The molecule has 1 saturated heterocycles. The predicted octanol–water partition coefficient (Wildman–Crippen LogP) is 1.74. The largest absolute Gasteiger partial charge is 0.495 e. The van der Waals surface area contributed by atoms with Crippen LogP contribution in [0.4, 0.5) is 5.69 Å². The summed E-state index contributed by atoms with van der Waals surface area (Å²) in [4.78, 5) is 29.4. The molecule has 0 spiro atoms. The molecule has 2 aliphatic rings. The zero-order valence-electron chi connectivity index (χ0n) is 15.2. The fraction of sp³-hybridized carbons (Fsp3) is 0.579. The molecule has 0 aromatic heterocycles. The second-order valence-electron chi connectivity index (χ2n) is 6.90. The van der Waals surface area contributed by atoms with Gasteiger partial charge >= 0.3 is 0 Å². The highest BCUT2D eigenvalue weighted by molar-refractivity contribution is 6.00. The molecular formula is C19H27N3O3. The number of methoxy groups -OCH3 is 1. The number of rotatable bonds is 5. The fourth-order valence-corrected chi connectivity index (χ4v) is 3.42. The van der Waals surface area contributed by atoms with Crippen LogP contribution in [0.15, 0.2) is 18.2 Å². The molecular weight excluding hydrogens is 318 g/mol. The summed E-state index contributed by atoms with van der Waals surface area (Å²) < 4.78 is 5.30. The maximum absolute atomic E-state index is 12.6. The smallest absolute Gasteiger partial charge is 0.228 e. The molecule has 1 N–H and O–H groups in total. The van der Waals surface area contributed by atoms with Crippen LogP contribution >= 0.6 is 0 Å². The van der Waals surface area contributed by atoms with E-state index in [1.807, 2.05) is 30.0 Å². The third-order valence-corrected chi connectivity index (χ3v) is 5.19. The molecule has 136 valence electrons. The SMILES string of the molecule is CCN1CCN(C(=O)C2CC2C(=O)Nc2cc(C)ccc2OC)CC1. The molecule has 1 aromatic rings. The van der Waals surface area contributed by atoms with Crippen LogP contribution in [0.2, 0.25) is 0 Å². The van der Waals surface area contributed by atoms with Gasteiger partial charge in [-0.3, -0.25) is 9.59 Å². The fourth-order valence-electron chi connectivity index (χ4n) is 3.42. The lowest BCUT2D eigenvalue weighted by Gasteiger charge is -2.34. The molecule has 2 unspecified atom stereocenters. The van der Waals surface area contributed by atoms with Gasteiger partial charge in [-0.1, -0.05) is 13.0 Å². The van der Waals surface area contributed by atoms with Crippen LogP contribution in [0.25, 0.3) is 0 Å². The van der Waals surface area contributed by atoms with E-state index in [2.05, 4.69) is 17.1 Å². The van der Waals surface area contributed by atoms with Crippen LogP contribution in [-0.4, -0.2) is 61.4 Å². The van der Waals surface area contributed by atoms with Gasteiger partial charge in [-0.05, 0) is 37.6 Å². The van der Waals surface area contributed by atoms with Crippen molar-refractivity contribution in [2.75, 3.05) is 45.2 Å². The van der Waals surface area contributed by atoms with Gasteiger partial charge < -0.3 is 19.9 Å². The molecule has 25 heavy (non-hydrogen) atoms. The highest BCUT2D eigenvalue weighted by Gasteiger charge is 2.49. The van der Waals surface area contributed by atoms with E-state index in [9.17, 15) is 9.59 Å². The maximum atomic E-state index is 12.6. The molecule has 6 heteroatoms. The lowest BCUT2D eigenvalue weighted by molar-refractivity contribution is -0.135. The lowest BCUT2D eigenvalue weighted by atomic mass is 10.2. The van der Waals surface area contributed by atoms with Crippen molar-refractivity contribution in [3.63, 3.8) is 0 Å². The summed E-state index contributed by atoms with van der Waals surface area (Å²) in [5.41, 5.74) is 1.72. The topological polar surface area (TPSA) is 61.9 Å². The first kappa shape index (κ1) is 17.7. The minimum absolute atomic E-state index is 0.0885. The monoisotopic (exact) mass is 345 g/mol. The van der Waals surface area contributed by atoms with Crippen molar-refractivity contribution in [3.05, 3.63) is 23.8 Å². The molecule has 1 aliphatic carbocycles. The Morgan fingerprint density at radius 3 is 2.56 bits per heavy atom. The number of aryl methyl sites for hydroxylation is 1. The van der Waals surface area contributed by atoms with Gasteiger partial charge in [0.15, 0.2) is 0 Å². The first-order valence-electron chi connectivity index (χ1n) is 9.00. The van der Waals surface area contributed by atoms with E-state index in [0.29, 0.717) is 17.9 Å². The third-order valence-electron chi connectivity index (χ3n) is 5.19. The lowest BCUT2D eigenvalue weighted by Crippen LogP contribution is -2.49. The molecule has 6 nitrogen and oxygen atoms in total. The molecule has 1 saturated carbocycles. The Morgan fingerprint density at radius 2 is 1.92 bits per heavy atom. The van der Waals surface area contributed by atoms with Crippen LogP contribution in [0.5, 0.6) is 5.75 Å². The Balaban J connectivity index is 1.56. The van der Waals surface area contributed by atoms with E-state index in [0.717, 1.165) is 38.3 Å². The number of hydrogen-bond acceptors (Lipinski definition) is 4. The summed E-state index contributed by atoms with van der Waals surface area (Å²) in [6.45, 7) is 8.51. The summed E-state index contributed by atoms with van der Waals surface area (Å²) >= 11 is 0. The van der Waals surface area contributed by atoms with Crippen molar-refractivity contribution in [2.24, 2.45) is 11.8 Å². The summed E-state index contributed by atoms with van der Waals surface area (Å²) in [6, 6.07) is 5.67. The summed E-state index contributed by atoms with van der Waals surface area (Å²) in [6.07, 6.45) is 0.646. The van der Waals surface area contributed by atoms with Crippen LogP contribution in [0.3, 0.4) is 0 Å². The van der Waals surface area contributed by atoms with Crippen molar-refractivity contribution >= 4 is 17.5 Å². The molecule has 0 bridgehead atoms. The van der Waals surface area contributed by atoms with E-state index in [-0.39, 0.29) is 23.7 Å². The summed E-state index contributed by atoms with van der Waals surface area (Å²) in [5, 5.41) is 2.93. The number of ether oxygens (including phenoxy) is 1. The predicted molar refractivity (Wildman–Crippen MR) is 96.7 cm³/mol. The number of piperazine rings is 1. The van der Waals surface area contributed by atoms with Gasteiger partial charge in [0.05, 0.1) is 24.6 Å². The van der Waals surface area contributed by atoms with Crippen molar-refractivity contribution in [3.8, 4) is 5.75 Å². The number of carbonyl (C=O) groups excluding carboxylic acids is 2. The number of anilines is 1. The Kier molecular flexibility index (Phi) is 5.27. The first-order valence-corrected chi connectivity index (χ1v) is 9.00. The zero-order valence-corrected chi connectivity index (χ0v) is 15.2. The molecule has 1 aromatic carbocycles. The zero-order chi connectivity index (χ0) is 18.0. The highest BCUT2D eigenvalue weighted by atomic mass is 16.5. The van der Waals surface area contributed by atoms with Crippen LogP contribution in [0, 0.1) is 18.8 Å². The molecule has 0 radical (unpaired) electrons. The van der Waals surface area contributed by atoms with Crippen molar-refractivity contribution in [1.29, 1.82) is 0 Å². The van der Waals surface area contributed by atoms with Crippen LogP contribution in [0.1, 0.15) is 18.9 Å². The van der Waals surface area contributed by atoms with Gasteiger partial charge in [-0.2, -0.15) is 0 Å². The van der Waals surface area contributed by atoms with Crippen molar-refractivity contribution < 1.29 is 14.3 Å². The Morgan fingerprint density at radius 1 is 1.20 bits per heavy atom. The van der Waals surface area contributed by atoms with Crippen molar-refractivity contribution in [2.45, 2.75) is 20.3 Å². The quantitative estimate of drug-likeness (QED) is 0.883. The van der Waals surface area contributed by atoms with Crippen LogP contribution in [-0.2, 0) is 9.59 Å². The standard InChI is InChI=1S/C19H27N3O3/c1-4-21-7-9-22(10-8-21)19(24)15-12-14(15)18(23)20-16-11-13(2)5-6-17(16)25-3/h5-6,11,14-15H,4,7-10,12H2,1-3H3,(H,20,23). The second-order valence-corrected chi connectivity index (χ2v) is 6.90. The molecule has 2 atom stereocenters. The first-order chi connectivity index (χ1) is 12.0. The van der Waals surface area contributed by atoms with Gasteiger partial charge in [-0.25, -0.2) is 0 Å².